The largest absolute Gasteiger partial charge is 0.479 e. The smallest absolute Gasteiger partial charge is 0.334 e. The van der Waals surface area contributed by atoms with Gasteiger partial charge in [0.1, 0.15) is 0 Å². The Balaban J connectivity index is 2.31. The molecule has 1 saturated heterocycles. The number of carboxylic acid groups (broad SMARTS) is 1. The van der Waals surface area contributed by atoms with Crippen LogP contribution in [0.15, 0.2) is 23.1 Å². The highest BCUT2D eigenvalue weighted by Gasteiger charge is 2.34. The van der Waals surface area contributed by atoms with Crippen molar-refractivity contribution in [3.63, 3.8) is 0 Å². The van der Waals surface area contributed by atoms with Crippen molar-refractivity contribution in [3.05, 3.63) is 28.8 Å². The van der Waals surface area contributed by atoms with Crippen molar-refractivity contribution >= 4 is 27.6 Å². The SMILES string of the molecule is COCc1cc(Cl)cc(S(=O)(=O)N2CCOC(C(=O)O)C2)c1. The standard InChI is InChI=1S/C13H16ClNO6S/c1-20-8-9-4-10(14)6-11(5-9)22(18,19)15-2-3-21-12(7-15)13(16)17/h4-6,12H,2-3,7-8H2,1H3,(H,16,17). The highest BCUT2D eigenvalue weighted by molar-refractivity contribution is 7.89. The molecule has 0 aromatic heterocycles. The number of methoxy groups -OCH3 is 1. The number of halogens is 1. The number of rotatable bonds is 5. The van der Waals surface area contributed by atoms with Gasteiger partial charge in [0.25, 0.3) is 0 Å². The maximum atomic E-state index is 12.6. The highest BCUT2D eigenvalue weighted by atomic mass is 35.5. The summed E-state index contributed by atoms with van der Waals surface area (Å²) in [7, 11) is -2.35. The molecule has 0 radical (unpaired) electrons. The number of nitrogens with zero attached hydrogens (tertiary/aromatic N) is 1. The van der Waals surface area contributed by atoms with Crippen LogP contribution in [-0.2, 0) is 30.9 Å². The normalized spacial score (nSPS) is 20.0. The van der Waals surface area contributed by atoms with Crippen LogP contribution in [0.25, 0.3) is 0 Å². The molecule has 0 bridgehead atoms. The van der Waals surface area contributed by atoms with E-state index in [4.69, 9.17) is 26.2 Å². The Morgan fingerprint density at radius 2 is 2.23 bits per heavy atom. The van der Waals surface area contributed by atoms with E-state index in [9.17, 15) is 13.2 Å². The zero-order valence-electron chi connectivity index (χ0n) is 11.9. The molecule has 1 fully saturated rings. The quantitative estimate of drug-likeness (QED) is 0.851. The maximum Gasteiger partial charge on any atom is 0.334 e. The first-order valence-corrected chi connectivity index (χ1v) is 8.29. The number of carbonyl (C=O) groups is 1. The monoisotopic (exact) mass is 349 g/mol. The van der Waals surface area contributed by atoms with Gasteiger partial charge < -0.3 is 14.6 Å². The van der Waals surface area contributed by atoms with Crippen LogP contribution in [0.4, 0.5) is 0 Å². The highest BCUT2D eigenvalue weighted by Crippen LogP contribution is 2.24. The molecule has 1 aliphatic rings. The number of hydrogen-bond acceptors (Lipinski definition) is 5. The Hall–Kier alpha value is -1.19. The Morgan fingerprint density at radius 1 is 1.50 bits per heavy atom. The summed E-state index contributed by atoms with van der Waals surface area (Å²) < 4.78 is 36.4. The fraction of sp³-hybridized carbons (Fsp3) is 0.462. The van der Waals surface area contributed by atoms with Crippen molar-refractivity contribution in [2.75, 3.05) is 26.8 Å². The average molecular weight is 350 g/mol. The third-order valence-electron chi connectivity index (χ3n) is 3.18. The van der Waals surface area contributed by atoms with Gasteiger partial charge in [0.15, 0.2) is 6.10 Å². The Morgan fingerprint density at radius 3 is 2.86 bits per heavy atom. The number of morpholine rings is 1. The number of aliphatic carboxylic acids is 1. The summed E-state index contributed by atoms with van der Waals surface area (Å²) in [4.78, 5) is 11.0. The van der Waals surface area contributed by atoms with Crippen LogP contribution in [0.3, 0.4) is 0 Å². The molecule has 122 valence electrons. The Bertz CT molecular complexity index is 662. The second-order valence-electron chi connectivity index (χ2n) is 4.79. The van der Waals surface area contributed by atoms with E-state index in [1.807, 2.05) is 0 Å². The van der Waals surface area contributed by atoms with Crippen LogP contribution in [0, 0.1) is 0 Å². The van der Waals surface area contributed by atoms with Crippen molar-refractivity contribution in [3.8, 4) is 0 Å². The topological polar surface area (TPSA) is 93.1 Å². The fourth-order valence-electron chi connectivity index (χ4n) is 2.16. The fourth-order valence-corrected chi connectivity index (χ4v) is 4.01. The number of carboxylic acids is 1. The van der Waals surface area contributed by atoms with Gasteiger partial charge in [-0.25, -0.2) is 13.2 Å². The first-order valence-electron chi connectivity index (χ1n) is 6.47. The van der Waals surface area contributed by atoms with E-state index >= 15 is 0 Å². The minimum atomic E-state index is -3.84. The van der Waals surface area contributed by atoms with Crippen molar-refractivity contribution in [2.45, 2.75) is 17.6 Å². The van der Waals surface area contributed by atoms with E-state index in [2.05, 4.69) is 0 Å². The molecule has 22 heavy (non-hydrogen) atoms. The predicted octanol–water partition coefficient (Wildman–Crippen LogP) is 0.961. The average Bonchev–Trinajstić information content (AvgIpc) is 2.47. The van der Waals surface area contributed by atoms with Crippen LogP contribution < -0.4 is 0 Å². The second kappa shape index (κ2) is 6.93. The van der Waals surface area contributed by atoms with E-state index in [1.54, 1.807) is 6.07 Å². The minimum Gasteiger partial charge on any atom is -0.479 e. The van der Waals surface area contributed by atoms with Crippen LogP contribution in [0.1, 0.15) is 5.56 Å². The summed E-state index contributed by atoms with van der Waals surface area (Å²) in [6, 6.07) is 4.42. The molecule has 7 nitrogen and oxygen atoms in total. The Kier molecular flexibility index (Phi) is 5.41. The molecule has 2 rings (SSSR count). The van der Waals surface area contributed by atoms with E-state index in [1.165, 1.54) is 19.2 Å². The van der Waals surface area contributed by atoms with Crippen molar-refractivity contribution in [1.82, 2.24) is 4.31 Å². The summed E-state index contributed by atoms with van der Waals surface area (Å²) >= 11 is 5.95. The van der Waals surface area contributed by atoms with Gasteiger partial charge in [0.05, 0.1) is 24.7 Å². The number of hydrogen-bond donors (Lipinski definition) is 1. The van der Waals surface area contributed by atoms with Crippen LogP contribution in [0.2, 0.25) is 5.02 Å². The van der Waals surface area contributed by atoms with Crippen molar-refractivity contribution in [2.24, 2.45) is 0 Å². The molecule has 1 aliphatic heterocycles. The molecule has 0 spiro atoms. The van der Waals surface area contributed by atoms with Crippen LogP contribution in [-0.4, -0.2) is 56.7 Å². The third-order valence-corrected chi connectivity index (χ3v) is 5.25. The summed E-state index contributed by atoms with van der Waals surface area (Å²) in [6.07, 6.45) is -1.17. The molecule has 0 amide bonds. The molecule has 0 saturated carbocycles. The maximum absolute atomic E-state index is 12.6. The molecule has 1 aromatic carbocycles. The summed E-state index contributed by atoms with van der Waals surface area (Å²) in [5.74, 6) is -1.19. The number of sulfonamides is 1. The van der Waals surface area contributed by atoms with Gasteiger partial charge in [0.2, 0.25) is 10.0 Å². The zero-order valence-corrected chi connectivity index (χ0v) is 13.4. The van der Waals surface area contributed by atoms with Gasteiger partial charge in [-0.2, -0.15) is 4.31 Å². The van der Waals surface area contributed by atoms with Crippen LogP contribution >= 0.6 is 11.6 Å². The second-order valence-corrected chi connectivity index (χ2v) is 7.16. The summed E-state index contributed by atoms with van der Waals surface area (Å²) in [6.45, 7) is 0.119. The molecule has 1 N–H and O–H groups in total. The molecule has 1 heterocycles. The molecular formula is C13H16ClNO6S. The van der Waals surface area contributed by atoms with Gasteiger partial charge in [-0.15, -0.1) is 0 Å². The van der Waals surface area contributed by atoms with E-state index < -0.39 is 22.1 Å². The van der Waals surface area contributed by atoms with Gasteiger partial charge in [0, 0.05) is 18.7 Å². The summed E-state index contributed by atoms with van der Waals surface area (Å²) in [5, 5.41) is 9.24. The Labute approximate surface area is 133 Å². The summed E-state index contributed by atoms with van der Waals surface area (Å²) in [5.41, 5.74) is 0.622. The molecule has 9 heteroatoms. The third kappa shape index (κ3) is 3.76. The van der Waals surface area contributed by atoms with Gasteiger partial charge in [-0.3, -0.25) is 0 Å². The van der Waals surface area contributed by atoms with E-state index in [0.717, 1.165) is 4.31 Å². The van der Waals surface area contributed by atoms with Gasteiger partial charge in [-0.05, 0) is 23.8 Å². The molecule has 1 unspecified atom stereocenters. The molecule has 1 aromatic rings. The van der Waals surface area contributed by atoms with Crippen LogP contribution in [0.5, 0.6) is 0 Å². The van der Waals surface area contributed by atoms with Crippen molar-refractivity contribution in [1.29, 1.82) is 0 Å². The zero-order chi connectivity index (χ0) is 16.3. The number of benzene rings is 1. The lowest BCUT2D eigenvalue weighted by Crippen LogP contribution is -2.48. The molecular weight excluding hydrogens is 334 g/mol. The first-order chi connectivity index (χ1) is 10.3. The van der Waals surface area contributed by atoms with E-state index in [0.29, 0.717) is 5.56 Å². The lowest BCUT2D eigenvalue weighted by molar-refractivity contribution is -0.153. The van der Waals surface area contributed by atoms with E-state index in [-0.39, 0.29) is 36.2 Å². The number of ether oxygens (including phenoxy) is 2. The first kappa shape index (κ1) is 17.2. The van der Waals surface area contributed by atoms with Gasteiger partial charge >= 0.3 is 5.97 Å². The lowest BCUT2D eigenvalue weighted by Gasteiger charge is -2.30. The lowest BCUT2D eigenvalue weighted by atomic mass is 10.2. The predicted molar refractivity (Wildman–Crippen MR) is 78.3 cm³/mol. The van der Waals surface area contributed by atoms with Gasteiger partial charge in [-0.1, -0.05) is 11.6 Å². The molecule has 0 aliphatic carbocycles. The van der Waals surface area contributed by atoms with Crippen molar-refractivity contribution < 1.29 is 27.8 Å². The molecule has 1 atom stereocenters. The minimum absolute atomic E-state index is 0.0121.